The fourth-order valence-corrected chi connectivity index (χ4v) is 3.10. The van der Waals surface area contributed by atoms with Crippen LogP contribution < -0.4 is 5.32 Å². The number of benzene rings is 1. The summed E-state index contributed by atoms with van der Waals surface area (Å²) in [6, 6.07) is 9.97. The third-order valence-electron chi connectivity index (χ3n) is 3.06. The number of fused-ring (bicyclic) bond motifs is 1. The summed E-state index contributed by atoms with van der Waals surface area (Å²) in [6.07, 6.45) is 2.46. The van der Waals surface area contributed by atoms with E-state index < -0.39 is 0 Å². The molecule has 1 N–H and O–H groups in total. The number of nitrogens with one attached hydrogen (secondary N) is 1. The zero-order chi connectivity index (χ0) is 10.7. The summed E-state index contributed by atoms with van der Waals surface area (Å²) in [5, 5.41) is 3.71. The molecule has 0 bridgehead atoms. The van der Waals surface area contributed by atoms with Gasteiger partial charge in [0, 0.05) is 17.0 Å². The van der Waals surface area contributed by atoms with Gasteiger partial charge in [-0.2, -0.15) is 0 Å². The first-order chi connectivity index (χ1) is 7.31. The van der Waals surface area contributed by atoms with E-state index in [9.17, 15) is 0 Å². The summed E-state index contributed by atoms with van der Waals surface area (Å²) in [4.78, 5) is 1.46. The molecule has 2 rings (SSSR count). The molecule has 1 aliphatic rings. The van der Waals surface area contributed by atoms with Crippen molar-refractivity contribution in [3.8, 4) is 0 Å². The quantitative estimate of drug-likeness (QED) is 0.837. The van der Waals surface area contributed by atoms with Crippen molar-refractivity contribution >= 4 is 11.8 Å². The fourth-order valence-electron chi connectivity index (χ4n) is 1.98. The van der Waals surface area contributed by atoms with E-state index in [4.69, 9.17) is 0 Å². The van der Waals surface area contributed by atoms with Crippen LogP contribution in [0.25, 0.3) is 0 Å². The average molecular weight is 221 g/mol. The highest BCUT2D eigenvalue weighted by molar-refractivity contribution is 7.99. The van der Waals surface area contributed by atoms with Crippen LogP contribution in [0.3, 0.4) is 0 Å². The first-order valence-electron chi connectivity index (χ1n) is 5.79. The predicted octanol–water partition coefficient (Wildman–Crippen LogP) is 3.61. The number of hydrogen-bond acceptors (Lipinski definition) is 2. The second-order valence-corrected chi connectivity index (χ2v) is 5.34. The van der Waals surface area contributed by atoms with Crippen molar-refractivity contribution in [3.05, 3.63) is 29.8 Å². The van der Waals surface area contributed by atoms with Crippen LogP contribution in [0.1, 0.15) is 38.3 Å². The third-order valence-corrected chi connectivity index (χ3v) is 4.18. The Morgan fingerprint density at radius 2 is 2.27 bits per heavy atom. The number of thioether (sulfide) groups is 1. The molecular weight excluding hydrogens is 202 g/mol. The van der Waals surface area contributed by atoms with Gasteiger partial charge in [0.15, 0.2) is 0 Å². The van der Waals surface area contributed by atoms with Gasteiger partial charge in [-0.1, -0.05) is 25.1 Å². The highest BCUT2D eigenvalue weighted by Crippen LogP contribution is 2.35. The zero-order valence-electron chi connectivity index (χ0n) is 9.49. The number of hydrogen-bond donors (Lipinski definition) is 1. The van der Waals surface area contributed by atoms with Crippen molar-refractivity contribution in [1.29, 1.82) is 0 Å². The predicted molar refractivity (Wildman–Crippen MR) is 67.4 cm³/mol. The molecule has 1 heterocycles. The monoisotopic (exact) mass is 221 g/mol. The molecule has 2 unspecified atom stereocenters. The Balaban J connectivity index is 2.15. The van der Waals surface area contributed by atoms with Crippen molar-refractivity contribution in [2.45, 2.75) is 43.7 Å². The van der Waals surface area contributed by atoms with Crippen LogP contribution in [0.2, 0.25) is 0 Å². The van der Waals surface area contributed by atoms with Gasteiger partial charge in [-0.05, 0) is 37.1 Å². The molecule has 0 aliphatic carbocycles. The topological polar surface area (TPSA) is 12.0 Å². The molecule has 0 radical (unpaired) electrons. The lowest BCUT2D eigenvalue weighted by atomic mass is 10.0. The van der Waals surface area contributed by atoms with Crippen LogP contribution in [0.4, 0.5) is 0 Å². The van der Waals surface area contributed by atoms with Gasteiger partial charge in [0.2, 0.25) is 0 Å². The molecule has 0 amide bonds. The molecule has 0 fully saturated rings. The Hall–Kier alpha value is -0.470. The van der Waals surface area contributed by atoms with Crippen molar-refractivity contribution in [2.24, 2.45) is 0 Å². The van der Waals surface area contributed by atoms with Gasteiger partial charge < -0.3 is 5.32 Å². The number of rotatable bonds is 3. The lowest BCUT2D eigenvalue weighted by molar-refractivity contribution is 0.432. The molecule has 2 heteroatoms. The van der Waals surface area contributed by atoms with E-state index in [-0.39, 0.29) is 0 Å². The summed E-state index contributed by atoms with van der Waals surface area (Å²) < 4.78 is 0. The van der Waals surface area contributed by atoms with Crippen molar-refractivity contribution in [3.63, 3.8) is 0 Å². The molecule has 1 aromatic carbocycles. The van der Waals surface area contributed by atoms with Crippen LogP contribution in [-0.2, 0) is 0 Å². The molecule has 1 aliphatic heterocycles. The first-order valence-corrected chi connectivity index (χ1v) is 6.77. The average Bonchev–Trinajstić information content (AvgIpc) is 2.29. The van der Waals surface area contributed by atoms with E-state index in [1.54, 1.807) is 0 Å². The molecule has 1 nitrogen and oxygen atoms in total. The minimum absolute atomic E-state index is 0.567. The Morgan fingerprint density at radius 1 is 1.47 bits per heavy atom. The van der Waals surface area contributed by atoms with E-state index in [1.807, 2.05) is 11.8 Å². The van der Waals surface area contributed by atoms with Gasteiger partial charge in [0.1, 0.15) is 0 Å². The Morgan fingerprint density at radius 3 is 3.07 bits per heavy atom. The van der Waals surface area contributed by atoms with Crippen molar-refractivity contribution in [1.82, 2.24) is 5.32 Å². The zero-order valence-corrected chi connectivity index (χ0v) is 10.3. The SMILES string of the molecule is CCC(C)NC1CCSc2ccccc21. The van der Waals surface area contributed by atoms with Crippen LogP contribution in [0.15, 0.2) is 29.2 Å². The summed E-state index contributed by atoms with van der Waals surface area (Å²) in [5.41, 5.74) is 1.49. The van der Waals surface area contributed by atoms with E-state index in [0.717, 1.165) is 0 Å². The molecular formula is C13H19NS. The van der Waals surface area contributed by atoms with Crippen LogP contribution >= 0.6 is 11.8 Å². The normalized spacial score (nSPS) is 22.1. The standard InChI is InChI=1S/C13H19NS/c1-3-10(2)14-12-8-9-15-13-7-5-4-6-11(12)13/h4-7,10,12,14H,3,8-9H2,1-2H3. The maximum absolute atomic E-state index is 3.71. The highest BCUT2D eigenvalue weighted by atomic mass is 32.2. The van der Waals surface area contributed by atoms with Gasteiger partial charge in [0.05, 0.1) is 0 Å². The smallest absolute Gasteiger partial charge is 0.0341 e. The summed E-state index contributed by atoms with van der Waals surface area (Å²) in [5.74, 6) is 1.24. The molecule has 15 heavy (non-hydrogen) atoms. The van der Waals surface area contributed by atoms with Gasteiger partial charge in [-0.15, -0.1) is 11.8 Å². The van der Waals surface area contributed by atoms with E-state index in [1.165, 1.54) is 29.1 Å². The van der Waals surface area contributed by atoms with Gasteiger partial charge in [0.25, 0.3) is 0 Å². The second kappa shape index (κ2) is 5.04. The lowest BCUT2D eigenvalue weighted by Gasteiger charge is -2.28. The largest absolute Gasteiger partial charge is 0.307 e. The van der Waals surface area contributed by atoms with Gasteiger partial charge in [-0.3, -0.25) is 0 Å². The molecule has 0 aromatic heterocycles. The van der Waals surface area contributed by atoms with E-state index in [0.29, 0.717) is 12.1 Å². The maximum atomic E-state index is 3.71. The summed E-state index contributed by atoms with van der Waals surface area (Å²) in [6.45, 7) is 4.51. The molecule has 82 valence electrons. The van der Waals surface area contributed by atoms with E-state index in [2.05, 4.69) is 43.4 Å². The van der Waals surface area contributed by atoms with Gasteiger partial charge >= 0.3 is 0 Å². The Labute approximate surface area is 96.7 Å². The molecule has 2 atom stereocenters. The minimum atomic E-state index is 0.567. The minimum Gasteiger partial charge on any atom is -0.307 e. The van der Waals surface area contributed by atoms with Crippen molar-refractivity contribution in [2.75, 3.05) is 5.75 Å². The Bertz CT molecular complexity index is 324. The first kappa shape index (κ1) is 11.0. The van der Waals surface area contributed by atoms with Crippen molar-refractivity contribution < 1.29 is 0 Å². The lowest BCUT2D eigenvalue weighted by Crippen LogP contribution is -2.31. The highest BCUT2D eigenvalue weighted by Gasteiger charge is 2.20. The fraction of sp³-hybridized carbons (Fsp3) is 0.538. The molecule has 0 saturated heterocycles. The van der Waals surface area contributed by atoms with Crippen LogP contribution in [-0.4, -0.2) is 11.8 Å². The van der Waals surface area contributed by atoms with Crippen LogP contribution in [0, 0.1) is 0 Å². The maximum Gasteiger partial charge on any atom is 0.0341 e. The summed E-state index contributed by atoms with van der Waals surface area (Å²) in [7, 11) is 0. The molecule has 0 saturated carbocycles. The molecule has 1 aromatic rings. The van der Waals surface area contributed by atoms with E-state index >= 15 is 0 Å². The Kier molecular flexibility index (Phi) is 3.71. The second-order valence-electron chi connectivity index (χ2n) is 4.20. The van der Waals surface area contributed by atoms with Crippen LogP contribution in [0.5, 0.6) is 0 Å². The summed E-state index contributed by atoms with van der Waals surface area (Å²) >= 11 is 1.99. The third kappa shape index (κ3) is 2.56. The molecule has 0 spiro atoms. The van der Waals surface area contributed by atoms with Gasteiger partial charge in [-0.25, -0.2) is 0 Å².